The number of hydrogen-bond acceptors (Lipinski definition) is 3. The summed E-state index contributed by atoms with van der Waals surface area (Å²) in [6.45, 7) is 12.4. The number of rotatable bonds is 14. The van der Waals surface area contributed by atoms with Crippen molar-refractivity contribution in [2.75, 3.05) is 26.7 Å². The van der Waals surface area contributed by atoms with Gasteiger partial charge in [-0.2, -0.15) is 0 Å². The van der Waals surface area contributed by atoms with E-state index in [1.54, 1.807) is 7.11 Å². The lowest BCUT2D eigenvalue weighted by atomic mass is 9.74. The van der Waals surface area contributed by atoms with Crippen LogP contribution in [0.15, 0.2) is 18.2 Å². The molecule has 174 valence electrons. The zero-order valence-electron chi connectivity index (χ0n) is 20.5. The van der Waals surface area contributed by atoms with Crippen molar-refractivity contribution < 1.29 is 9.53 Å². The van der Waals surface area contributed by atoms with E-state index in [1.807, 2.05) is 0 Å². The molecule has 2 aliphatic rings. The highest BCUT2D eigenvalue weighted by molar-refractivity contribution is 5.80. The third-order valence-electron chi connectivity index (χ3n) is 7.63. The second-order valence-corrected chi connectivity index (χ2v) is 10.2. The van der Waals surface area contributed by atoms with Crippen LogP contribution < -0.4 is 10.1 Å². The van der Waals surface area contributed by atoms with E-state index in [-0.39, 0.29) is 17.2 Å². The highest BCUT2D eigenvalue weighted by Crippen LogP contribution is 2.38. The number of carbonyl (C=O) groups excluding carboxylic acids is 1. The van der Waals surface area contributed by atoms with Crippen LogP contribution in [0, 0.1) is 11.8 Å². The van der Waals surface area contributed by atoms with Gasteiger partial charge in [0.1, 0.15) is 5.75 Å². The van der Waals surface area contributed by atoms with Gasteiger partial charge in [-0.1, -0.05) is 26.8 Å². The number of nitrogens with one attached hydrogen (secondary N) is 1. The molecule has 2 atom stereocenters. The van der Waals surface area contributed by atoms with Crippen LogP contribution in [-0.2, 0) is 16.6 Å². The zero-order valence-corrected chi connectivity index (χ0v) is 20.5. The van der Waals surface area contributed by atoms with Crippen LogP contribution in [-0.4, -0.2) is 43.6 Å². The van der Waals surface area contributed by atoms with Crippen molar-refractivity contribution in [3.05, 3.63) is 29.3 Å². The quantitative estimate of drug-likeness (QED) is 0.435. The molecule has 2 fully saturated rings. The summed E-state index contributed by atoms with van der Waals surface area (Å²) in [5, 5.41) is 3.22. The second kappa shape index (κ2) is 10.8. The van der Waals surface area contributed by atoms with Crippen LogP contribution in [0.5, 0.6) is 5.75 Å². The summed E-state index contributed by atoms with van der Waals surface area (Å²) in [7, 11) is 1.75. The minimum Gasteiger partial charge on any atom is -0.497 e. The molecule has 1 N–H and O–H groups in total. The Morgan fingerprint density at radius 1 is 1.23 bits per heavy atom. The van der Waals surface area contributed by atoms with E-state index in [0.29, 0.717) is 6.04 Å². The van der Waals surface area contributed by atoms with Crippen LogP contribution in [0.2, 0.25) is 0 Å². The van der Waals surface area contributed by atoms with Crippen LogP contribution in [0.4, 0.5) is 0 Å². The minimum absolute atomic E-state index is 0.00593. The summed E-state index contributed by atoms with van der Waals surface area (Å²) in [6, 6.07) is 7.17. The van der Waals surface area contributed by atoms with E-state index in [9.17, 15) is 4.79 Å². The Labute approximate surface area is 190 Å². The molecule has 2 saturated carbocycles. The SMILES string of the molecule is CCc1ccc(OC)cc1C(C)(CCNC(=O)C1CC1)CCN(CC1CC1)C(C)CC. The Bertz CT molecular complexity index is 726. The second-order valence-electron chi connectivity index (χ2n) is 10.2. The number of aryl methyl sites for hydroxylation is 1. The Hall–Kier alpha value is -1.55. The summed E-state index contributed by atoms with van der Waals surface area (Å²) in [4.78, 5) is 14.9. The van der Waals surface area contributed by atoms with Crippen molar-refractivity contribution in [1.29, 1.82) is 0 Å². The Morgan fingerprint density at radius 3 is 2.55 bits per heavy atom. The number of hydrogen-bond donors (Lipinski definition) is 1. The highest BCUT2D eigenvalue weighted by atomic mass is 16.5. The number of benzene rings is 1. The van der Waals surface area contributed by atoms with Gasteiger partial charge >= 0.3 is 0 Å². The van der Waals surface area contributed by atoms with Gasteiger partial charge in [-0.15, -0.1) is 0 Å². The Balaban J connectivity index is 1.77. The van der Waals surface area contributed by atoms with E-state index < -0.39 is 0 Å². The summed E-state index contributed by atoms with van der Waals surface area (Å²) < 4.78 is 5.59. The van der Waals surface area contributed by atoms with E-state index in [1.165, 1.54) is 36.9 Å². The summed E-state index contributed by atoms with van der Waals surface area (Å²) in [5.74, 6) is 2.35. The molecule has 0 aromatic heterocycles. The first kappa shape index (κ1) is 24.1. The average molecular weight is 429 g/mol. The lowest BCUT2D eigenvalue weighted by molar-refractivity contribution is -0.122. The van der Waals surface area contributed by atoms with Crippen molar-refractivity contribution in [3.63, 3.8) is 0 Å². The monoisotopic (exact) mass is 428 g/mol. The molecular formula is C27H44N2O2. The summed E-state index contributed by atoms with van der Waals surface area (Å²) in [6.07, 6.45) is 9.18. The number of amides is 1. The molecule has 1 amide bonds. The number of methoxy groups -OCH3 is 1. The first-order valence-corrected chi connectivity index (χ1v) is 12.6. The molecule has 0 radical (unpaired) electrons. The minimum atomic E-state index is 0.00593. The standard InChI is InChI=1S/C27H44N2O2/c1-6-20(3)29(19-21-8-9-21)17-15-27(4,14-16-28-26(30)23-10-11-23)25-18-24(31-5)13-12-22(25)7-2/h12-13,18,20-21,23H,6-11,14-17,19H2,1-5H3,(H,28,30). The fourth-order valence-corrected chi connectivity index (χ4v) is 4.67. The van der Waals surface area contributed by atoms with Crippen molar-refractivity contribution in [2.45, 2.75) is 90.5 Å². The van der Waals surface area contributed by atoms with Gasteiger partial charge in [-0.3, -0.25) is 4.79 Å². The zero-order chi connectivity index (χ0) is 22.4. The average Bonchev–Trinajstić information content (AvgIpc) is 3.69. The molecule has 1 aromatic carbocycles. The predicted octanol–water partition coefficient (Wildman–Crippen LogP) is 5.33. The third kappa shape index (κ3) is 6.71. The van der Waals surface area contributed by atoms with E-state index >= 15 is 0 Å². The molecular weight excluding hydrogens is 384 g/mol. The molecule has 0 saturated heterocycles. The summed E-state index contributed by atoms with van der Waals surface area (Å²) in [5.41, 5.74) is 2.80. The van der Waals surface area contributed by atoms with E-state index in [0.717, 1.165) is 56.9 Å². The molecule has 2 unspecified atom stereocenters. The maximum absolute atomic E-state index is 12.2. The van der Waals surface area contributed by atoms with Gasteiger partial charge in [0.15, 0.2) is 0 Å². The van der Waals surface area contributed by atoms with Crippen molar-refractivity contribution in [3.8, 4) is 5.75 Å². The first-order valence-electron chi connectivity index (χ1n) is 12.6. The van der Waals surface area contributed by atoms with E-state index in [2.05, 4.69) is 56.1 Å². The molecule has 0 spiro atoms. The molecule has 1 aromatic rings. The van der Waals surface area contributed by atoms with Crippen LogP contribution in [0.3, 0.4) is 0 Å². The molecule has 0 heterocycles. The van der Waals surface area contributed by atoms with Gasteiger partial charge in [-0.05, 0) is 99.4 Å². The first-order chi connectivity index (χ1) is 14.9. The molecule has 3 rings (SSSR count). The largest absolute Gasteiger partial charge is 0.497 e. The van der Waals surface area contributed by atoms with E-state index in [4.69, 9.17) is 4.74 Å². The molecule has 4 heteroatoms. The van der Waals surface area contributed by atoms with Crippen molar-refractivity contribution >= 4 is 5.91 Å². The van der Waals surface area contributed by atoms with Gasteiger partial charge in [0.2, 0.25) is 5.91 Å². The van der Waals surface area contributed by atoms with Gasteiger partial charge < -0.3 is 15.0 Å². The van der Waals surface area contributed by atoms with Gasteiger partial charge in [0.25, 0.3) is 0 Å². The van der Waals surface area contributed by atoms with Crippen molar-refractivity contribution in [1.82, 2.24) is 10.2 Å². The topological polar surface area (TPSA) is 41.6 Å². The maximum Gasteiger partial charge on any atom is 0.223 e. The number of ether oxygens (including phenoxy) is 1. The molecule has 4 nitrogen and oxygen atoms in total. The molecule has 2 aliphatic carbocycles. The maximum atomic E-state index is 12.2. The normalized spacial score (nSPS) is 19.2. The van der Waals surface area contributed by atoms with Crippen LogP contribution in [0.25, 0.3) is 0 Å². The fraction of sp³-hybridized carbons (Fsp3) is 0.741. The Kier molecular flexibility index (Phi) is 8.43. The van der Waals surface area contributed by atoms with Crippen LogP contribution in [0.1, 0.15) is 83.8 Å². The molecule has 31 heavy (non-hydrogen) atoms. The molecule has 0 aliphatic heterocycles. The number of carbonyl (C=O) groups is 1. The Morgan fingerprint density at radius 2 is 1.97 bits per heavy atom. The lowest BCUT2D eigenvalue weighted by Gasteiger charge is -2.37. The smallest absolute Gasteiger partial charge is 0.223 e. The van der Waals surface area contributed by atoms with Gasteiger partial charge in [0, 0.05) is 25.0 Å². The summed E-state index contributed by atoms with van der Waals surface area (Å²) >= 11 is 0. The highest BCUT2D eigenvalue weighted by Gasteiger charge is 2.33. The van der Waals surface area contributed by atoms with Crippen LogP contribution >= 0.6 is 0 Å². The fourth-order valence-electron chi connectivity index (χ4n) is 4.67. The van der Waals surface area contributed by atoms with Gasteiger partial charge in [0.05, 0.1) is 7.11 Å². The molecule has 0 bridgehead atoms. The predicted molar refractivity (Wildman–Crippen MR) is 129 cm³/mol. The number of nitrogens with zero attached hydrogens (tertiary/aromatic N) is 1. The van der Waals surface area contributed by atoms with Gasteiger partial charge in [-0.25, -0.2) is 0 Å². The third-order valence-corrected chi connectivity index (χ3v) is 7.63. The van der Waals surface area contributed by atoms with Crippen molar-refractivity contribution in [2.24, 2.45) is 11.8 Å². The lowest BCUT2D eigenvalue weighted by Crippen LogP contribution is -2.40.